The van der Waals surface area contributed by atoms with E-state index >= 15 is 0 Å². The number of hydrogen-bond acceptors (Lipinski definition) is 2. The van der Waals surface area contributed by atoms with Crippen molar-refractivity contribution in [2.75, 3.05) is 9.80 Å². The van der Waals surface area contributed by atoms with E-state index in [-0.39, 0.29) is 10.8 Å². The van der Waals surface area contributed by atoms with Gasteiger partial charge in [0.05, 0.1) is 11.4 Å². The summed E-state index contributed by atoms with van der Waals surface area (Å²) in [5.74, 6) is 0. The number of fused-ring (bicyclic) bond motifs is 8. The fourth-order valence-electron chi connectivity index (χ4n) is 13.7. The smallest absolute Gasteiger partial charge is 0.0540 e. The van der Waals surface area contributed by atoms with E-state index in [0.29, 0.717) is 22.3 Å². The van der Waals surface area contributed by atoms with E-state index < -0.39 is 25.5 Å². The molecule has 0 atom stereocenters. The molecule has 0 radical (unpaired) electrons. The minimum atomic E-state index is -2.10. The molecule has 2 heteroatoms. The van der Waals surface area contributed by atoms with Crippen LogP contribution in [-0.4, -0.2) is 0 Å². The summed E-state index contributed by atoms with van der Waals surface area (Å²) in [4.78, 5) is 4.71. The minimum absolute atomic E-state index is 0.249. The number of nitrogens with zero attached hydrogens (tertiary/aromatic N) is 2. The lowest BCUT2D eigenvalue weighted by molar-refractivity contribution is 0.660. The molecule has 4 aliphatic carbocycles. The number of hydrogen-bond donors (Lipinski definition) is 0. The zero-order valence-corrected chi connectivity index (χ0v) is 47.3. The third kappa shape index (κ3) is 8.14. The van der Waals surface area contributed by atoms with Crippen molar-refractivity contribution in [3.63, 3.8) is 0 Å². The standard InChI is InChI=1S/C82H64N2/c1-81(2)75-21-13-11-19-69(75)71-43-41-67(51-77(71)81)83(79-45-35-63(49-73(79)57-15-7-5-8-16-57)61-29-25-55-23-27-59(55)47-61)65-37-31-53(32-38-65)54-33-39-66(40-34-54)84(68-42-44-72-70-20-12-14-22-76(70)82(3,4)78(72)52-68)80-46-36-64(50-74(80)58-17-9-6-10-18-58)62-30-26-56-24-28-60(56)48-62/h5-22,25-26,29-52H,23-24,27-28H2,1-4H3/i23D2,24D2,27D2,28D2. The first-order valence-corrected chi connectivity index (χ1v) is 29.1. The number of aryl methyl sites for hydroxylation is 4. The molecule has 84 heavy (non-hydrogen) atoms. The summed E-state index contributed by atoms with van der Waals surface area (Å²) in [6.07, 6.45) is -8.31. The predicted octanol–water partition coefficient (Wildman–Crippen LogP) is 21.8. The molecule has 0 fully saturated rings. The summed E-state index contributed by atoms with van der Waals surface area (Å²) in [7, 11) is 0. The van der Waals surface area contributed by atoms with Crippen LogP contribution >= 0.6 is 0 Å². The molecule has 0 N–H and O–H groups in total. The van der Waals surface area contributed by atoms with E-state index in [1.54, 1.807) is 12.1 Å². The van der Waals surface area contributed by atoms with E-state index in [1.165, 1.54) is 44.5 Å². The Kier molecular flexibility index (Phi) is 9.74. The summed E-state index contributed by atoms with van der Waals surface area (Å²) in [6, 6.07) is 93.5. The molecule has 0 aromatic heterocycles. The van der Waals surface area contributed by atoms with Gasteiger partial charge in [0, 0.05) is 55.7 Å². The average Bonchev–Trinajstić information content (AvgIpc) is 1.05. The van der Waals surface area contributed by atoms with Gasteiger partial charge in [0.15, 0.2) is 0 Å². The van der Waals surface area contributed by atoms with Crippen molar-refractivity contribution in [2.45, 2.75) is 64.0 Å². The zero-order chi connectivity index (χ0) is 63.4. The van der Waals surface area contributed by atoms with Crippen molar-refractivity contribution in [3.05, 3.63) is 311 Å². The first-order valence-electron chi connectivity index (χ1n) is 33.1. The van der Waals surface area contributed by atoms with Crippen LogP contribution < -0.4 is 9.80 Å². The first kappa shape index (κ1) is 42.1. The average molecular weight is 1090 g/mol. The molecule has 0 heterocycles. The summed E-state index contributed by atoms with van der Waals surface area (Å²) in [5, 5.41) is 0. The van der Waals surface area contributed by atoms with Gasteiger partial charge in [0.1, 0.15) is 0 Å². The molecule has 16 rings (SSSR count). The van der Waals surface area contributed by atoms with Gasteiger partial charge in [-0.15, -0.1) is 0 Å². The Morgan fingerprint density at radius 2 is 0.583 bits per heavy atom. The Labute approximate surface area is 505 Å². The molecule has 4 aliphatic rings. The highest BCUT2D eigenvalue weighted by Gasteiger charge is 2.38. The van der Waals surface area contributed by atoms with Gasteiger partial charge in [0.25, 0.3) is 0 Å². The summed E-state index contributed by atoms with van der Waals surface area (Å²) >= 11 is 0. The van der Waals surface area contributed by atoms with E-state index in [0.717, 1.165) is 89.8 Å². The highest BCUT2D eigenvalue weighted by Crippen LogP contribution is 2.54. The SMILES string of the molecule is [2H]C1([2H])c2ccc(-c3ccc(N(c4ccc(-c5ccc(N(c6ccc7c(c6)C(C)(C)c6ccccc6-7)c6ccc(-c7ccc8c(c7)C([2H])([2H])C8([2H])[2H])cc6-c6ccccc6)cc5)cc4)c4ccc5c(c4)C(C)(C)c4ccccc4-5)c(-c4ccccc4)c3)cc2C1([2H])[2H]. The Balaban J connectivity index is 0.812. The van der Waals surface area contributed by atoms with E-state index in [9.17, 15) is 0 Å². The normalized spacial score (nSPS) is 18.0. The van der Waals surface area contributed by atoms with Crippen LogP contribution in [0.15, 0.2) is 267 Å². The van der Waals surface area contributed by atoms with Gasteiger partial charge in [-0.2, -0.15) is 0 Å². The molecule has 12 aromatic carbocycles. The van der Waals surface area contributed by atoms with Crippen molar-refractivity contribution in [3.8, 4) is 77.9 Å². The molecule has 0 spiro atoms. The van der Waals surface area contributed by atoms with Gasteiger partial charge in [0.2, 0.25) is 0 Å². The minimum Gasteiger partial charge on any atom is -0.310 e. The number of rotatable bonds is 11. The summed E-state index contributed by atoms with van der Waals surface area (Å²) in [6.45, 7) is 9.24. The summed E-state index contributed by atoms with van der Waals surface area (Å²) < 4.78 is 68.5. The van der Waals surface area contributed by atoms with Crippen LogP contribution in [0.25, 0.3) is 77.9 Å². The van der Waals surface area contributed by atoms with Gasteiger partial charge in [-0.1, -0.05) is 222 Å². The van der Waals surface area contributed by atoms with E-state index in [4.69, 9.17) is 11.0 Å². The molecule has 0 unspecified atom stereocenters. The van der Waals surface area contributed by atoms with Crippen LogP contribution in [0.3, 0.4) is 0 Å². The third-order valence-electron chi connectivity index (χ3n) is 18.2. The van der Waals surface area contributed by atoms with Crippen molar-refractivity contribution in [1.82, 2.24) is 0 Å². The second-order valence-electron chi connectivity index (χ2n) is 23.8. The van der Waals surface area contributed by atoms with Gasteiger partial charge in [-0.05, 0) is 210 Å². The van der Waals surface area contributed by atoms with E-state index in [1.807, 2.05) is 36.4 Å². The third-order valence-corrected chi connectivity index (χ3v) is 18.2. The van der Waals surface area contributed by atoms with Crippen molar-refractivity contribution >= 4 is 34.1 Å². The molecule has 0 saturated carbocycles. The van der Waals surface area contributed by atoms with Gasteiger partial charge in [-0.3, -0.25) is 0 Å². The van der Waals surface area contributed by atoms with Crippen LogP contribution in [0.5, 0.6) is 0 Å². The van der Waals surface area contributed by atoms with Crippen LogP contribution in [0.1, 0.15) is 83.2 Å². The molecule has 2 nitrogen and oxygen atoms in total. The largest absolute Gasteiger partial charge is 0.310 e. The summed E-state index contributed by atoms with van der Waals surface area (Å²) in [5.41, 5.74) is 26.6. The van der Waals surface area contributed by atoms with E-state index in [2.05, 4.69) is 256 Å². The second-order valence-corrected chi connectivity index (χ2v) is 23.8. The molecule has 402 valence electrons. The maximum Gasteiger partial charge on any atom is 0.0540 e. The highest BCUT2D eigenvalue weighted by atomic mass is 15.2. The molecular formula is C82H64N2. The molecule has 12 aromatic rings. The lowest BCUT2D eigenvalue weighted by atomic mass is 9.82. The zero-order valence-electron chi connectivity index (χ0n) is 55.3. The Bertz CT molecular complexity index is 4680. The van der Waals surface area contributed by atoms with Crippen LogP contribution in [0.2, 0.25) is 0 Å². The fraction of sp³-hybridized carbons (Fsp3) is 0.122. The Morgan fingerprint density at radius 1 is 0.250 bits per heavy atom. The fourth-order valence-corrected chi connectivity index (χ4v) is 13.7. The maximum absolute atomic E-state index is 8.66. The monoisotopic (exact) mass is 1080 g/mol. The molecule has 0 bridgehead atoms. The highest BCUT2D eigenvalue weighted by molar-refractivity contribution is 5.95. The quantitative estimate of drug-likeness (QED) is 0.127. The molecule has 0 saturated heterocycles. The Morgan fingerprint density at radius 3 is 1.01 bits per heavy atom. The van der Waals surface area contributed by atoms with Gasteiger partial charge >= 0.3 is 0 Å². The van der Waals surface area contributed by atoms with Gasteiger partial charge < -0.3 is 9.80 Å². The van der Waals surface area contributed by atoms with Crippen LogP contribution in [-0.2, 0) is 36.3 Å². The molecular weight excluding hydrogens is 1010 g/mol. The van der Waals surface area contributed by atoms with Crippen LogP contribution in [0, 0.1) is 0 Å². The van der Waals surface area contributed by atoms with Crippen molar-refractivity contribution in [1.29, 1.82) is 0 Å². The lowest BCUT2D eigenvalue weighted by Crippen LogP contribution is -2.17. The molecule has 0 amide bonds. The van der Waals surface area contributed by atoms with Crippen molar-refractivity contribution in [2.24, 2.45) is 0 Å². The van der Waals surface area contributed by atoms with Crippen molar-refractivity contribution < 1.29 is 11.0 Å². The van der Waals surface area contributed by atoms with Gasteiger partial charge in [-0.25, -0.2) is 0 Å². The number of benzene rings is 12. The first-order chi connectivity index (χ1) is 44.1. The lowest BCUT2D eigenvalue weighted by Gasteiger charge is -2.30. The second kappa shape index (κ2) is 19.4. The Hall–Kier alpha value is -9.76. The number of anilines is 6. The topological polar surface area (TPSA) is 6.48 Å². The molecule has 0 aliphatic heterocycles. The van der Waals surface area contributed by atoms with Crippen LogP contribution in [0.4, 0.5) is 34.1 Å². The maximum atomic E-state index is 8.66. The predicted molar refractivity (Wildman–Crippen MR) is 353 cm³/mol.